The first-order valence-corrected chi connectivity index (χ1v) is 7.91. The summed E-state index contributed by atoms with van der Waals surface area (Å²) in [4.78, 5) is 8.42. The quantitative estimate of drug-likeness (QED) is 0.728. The molecule has 1 aliphatic carbocycles. The van der Waals surface area contributed by atoms with Gasteiger partial charge in [-0.15, -0.1) is 0 Å². The van der Waals surface area contributed by atoms with Crippen molar-refractivity contribution < 1.29 is 0 Å². The number of aromatic nitrogens is 2. The molecule has 21 heavy (non-hydrogen) atoms. The van der Waals surface area contributed by atoms with E-state index in [4.69, 9.17) is 4.98 Å². The van der Waals surface area contributed by atoms with E-state index >= 15 is 0 Å². The number of aryl methyl sites for hydroxylation is 2. The van der Waals surface area contributed by atoms with Crippen LogP contribution in [0.5, 0.6) is 0 Å². The minimum absolute atomic E-state index is 0.424. The topological polar surface area (TPSA) is 28.7 Å². The maximum absolute atomic E-state index is 4.86. The van der Waals surface area contributed by atoms with Crippen molar-refractivity contribution in [1.82, 2.24) is 9.97 Å². The molecule has 3 aromatic rings. The first-order valence-electron chi connectivity index (χ1n) is 7.91. The zero-order valence-corrected chi connectivity index (χ0v) is 12.4. The monoisotopic (exact) mass is 276 g/mol. The molecule has 0 saturated carbocycles. The van der Waals surface area contributed by atoms with Crippen molar-refractivity contribution >= 4 is 11.0 Å². The Morgan fingerprint density at radius 2 is 2.10 bits per heavy atom. The van der Waals surface area contributed by atoms with E-state index in [1.165, 1.54) is 41.5 Å². The van der Waals surface area contributed by atoms with E-state index in [2.05, 4.69) is 54.4 Å². The molecule has 2 nitrogen and oxygen atoms in total. The summed E-state index contributed by atoms with van der Waals surface area (Å²) in [5.74, 6) is 1.55. The van der Waals surface area contributed by atoms with Crippen molar-refractivity contribution in [1.29, 1.82) is 0 Å². The zero-order valence-electron chi connectivity index (χ0n) is 12.4. The van der Waals surface area contributed by atoms with Crippen LogP contribution in [0.2, 0.25) is 0 Å². The number of hydrogen-bond donors (Lipinski definition) is 1. The number of imidazole rings is 1. The van der Waals surface area contributed by atoms with Crippen LogP contribution in [0.1, 0.15) is 48.2 Å². The van der Waals surface area contributed by atoms with Crippen LogP contribution in [0.15, 0.2) is 42.5 Å². The highest BCUT2D eigenvalue weighted by atomic mass is 14.9. The van der Waals surface area contributed by atoms with Gasteiger partial charge in [0.05, 0.1) is 11.0 Å². The molecule has 0 radical (unpaired) electrons. The summed E-state index contributed by atoms with van der Waals surface area (Å²) in [5.41, 5.74) is 6.57. The summed E-state index contributed by atoms with van der Waals surface area (Å²) in [5, 5.41) is 0. The fraction of sp³-hybridized carbons (Fsp3) is 0.316. The maximum Gasteiger partial charge on any atom is 0.114 e. The average Bonchev–Trinajstić information content (AvgIpc) is 2.97. The Kier molecular flexibility index (Phi) is 3.03. The third kappa shape index (κ3) is 2.15. The number of fused-ring (bicyclic) bond motifs is 2. The molecule has 1 heterocycles. The fourth-order valence-corrected chi connectivity index (χ4v) is 3.50. The van der Waals surface area contributed by atoms with Gasteiger partial charge in [-0.25, -0.2) is 4.98 Å². The summed E-state index contributed by atoms with van der Waals surface area (Å²) in [6, 6.07) is 15.4. The summed E-state index contributed by atoms with van der Waals surface area (Å²) >= 11 is 0. The predicted molar refractivity (Wildman–Crippen MR) is 86.7 cm³/mol. The van der Waals surface area contributed by atoms with Crippen molar-refractivity contribution in [3.63, 3.8) is 0 Å². The lowest BCUT2D eigenvalue weighted by Gasteiger charge is -2.23. The van der Waals surface area contributed by atoms with Crippen molar-refractivity contribution in [3.8, 4) is 0 Å². The van der Waals surface area contributed by atoms with Crippen LogP contribution in [-0.4, -0.2) is 9.97 Å². The van der Waals surface area contributed by atoms with Crippen LogP contribution < -0.4 is 0 Å². The molecule has 1 unspecified atom stereocenters. The first-order chi connectivity index (χ1) is 10.3. The highest BCUT2D eigenvalue weighted by Crippen LogP contribution is 2.35. The molecule has 0 spiro atoms. The standard InChI is InChI=1S/C19H20N2/c1-2-13-10-11-17-18(12-13)21-19(20-17)16-9-5-7-14-6-3-4-8-15(14)16/h3-4,6,8,10-12,16H,2,5,7,9H2,1H3,(H,20,21). The summed E-state index contributed by atoms with van der Waals surface area (Å²) in [6.45, 7) is 2.19. The Hall–Kier alpha value is -2.09. The van der Waals surface area contributed by atoms with E-state index in [1.54, 1.807) is 0 Å². The fourth-order valence-electron chi connectivity index (χ4n) is 3.50. The van der Waals surface area contributed by atoms with Gasteiger partial charge in [0.15, 0.2) is 0 Å². The third-order valence-electron chi connectivity index (χ3n) is 4.67. The van der Waals surface area contributed by atoms with Crippen LogP contribution in [0, 0.1) is 0 Å². The van der Waals surface area contributed by atoms with Crippen LogP contribution in [0.25, 0.3) is 11.0 Å². The molecule has 0 bridgehead atoms. The first kappa shape index (κ1) is 12.6. The number of rotatable bonds is 2. The van der Waals surface area contributed by atoms with Crippen LogP contribution in [-0.2, 0) is 12.8 Å². The van der Waals surface area contributed by atoms with Crippen LogP contribution in [0.3, 0.4) is 0 Å². The molecule has 1 aliphatic rings. The number of hydrogen-bond acceptors (Lipinski definition) is 1. The number of benzene rings is 2. The van der Waals surface area contributed by atoms with Gasteiger partial charge in [0, 0.05) is 5.92 Å². The molecule has 0 fully saturated rings. The van der Waals surface area contributed by atoms with Crippen LogP contribution >= 0.6 is 0 Å². The molecule has 0 saturated heterocycles. The van der Waals surface area contributed by atoms with E-state index < -0.39 is 0 Å². The second-order valence-corrected chi connectivity index (χ2v) is 5.97. The van der Waals surface area contributed by atoms with Crippen molar-refractivity contribution in [3.05, 3.63) is 65.0 Å². The smallest absolute Gasteiger partial charge is 0.114 e. The SMILES string of the molecule is CCc1ccc2nc(C3CCCc4ccccc43)[nH]c2c1. The van der Waals surface area contributed by atoms with Gasteiger partial charge in [0.25, 0.3) is 0 Å². The Bertz CT molecular complexity index is 785. The molecular formula is C19H20N2. The molecule has 0 amide bonds. The van der Waals surface area contributed by atoms with Gasteiger partial charge in [0.2, 0.25) is 0 Å². The van der Waals surface area contributed by atoms with Gasteiger partial charge in [-0.3, -0.25) is 0 Å². The van der Waals surface area contributed by atoms with E-state index in [1.807, 2.05) is 0 Å². The van der Waals surface area contributed by atoms with Gasteiger partial charge in [0.1, 0.15) is 5.82 Å². The molecule has 0 aliphatic heterocycles. The lowest BCUT2D eigenvalue weighted by molar-refractivity contribution is 0.596. The lowest BCUT2D eigenvalue weighted by atomic mass is 9.82. The molecule has 2 aromatic carbocycles. The van der Waals surface area contributed by atoms with Gasteiger partial charge in [-0.1, -0.05) is 37.3 Å². The lowest BCUT2D eigenvalue weighted by Crippen LogP contribution is -2.12. The largest absolute Gasteiger partial charge is 0.341 e. The Labute approximate surface area is 125 Å². The zero-order chi connectivity index (χ0) is 14.2. The molecule has 1 aromatic heterocycles. The van der Waals surface area contributed by atoms with E-state index in [0.29, 0.717) is 5.92 Å². The second-order valence-electron chi connectivity index (χ2n) is 5.97. The number of nitrogens with one attached hydrogen (secondary N) is 1. The Morgan fingerprint density at radius 3 is 3.00 bits per heavy atom. The van der Waals surface area contributed by atoms with Crippen molar-refractivity contribution in [2.24, 2.45) is 0 Å². The van der Waals surface area contributed by atoms with E-state index in [9.17, 15) is 0 Å². The number of aromatic amines is 1. The summed E-state index contributed by atoms with van der Waals surface area (Å²) < 4.78 is 0. The molecule has 1 atom stereocenters. The highest BCUT2D eigenvalue weighted by molar-refractivity contribution is 5.76. The Morgan fingerprint density at radius 1 is 1.19 bits per heavy atom. The normalized spacial score (nSPS) is 17.9. The second kappa shape index (κ2) is 5.03. The molecule has 106 valence electrons. The Balaban J connectivity index is 1.80. The number of nitrogens with zero attached hydrogens (tertiary/aromatic N) is 1. The minimum atomic E-state index is 0.424. The van der Waals surface area contributed by atoms with Crippen molar-refractivity contribution in [2.45, 2.75) is 38.5 Å². The summed E-state index contributed by atoms with van der Waals surface area (Å²) in [6.07, 6.45) is 4.71. The van der Waals surface area contributed by atoms with Gasteiger partial charge >= 0.3 is 0 Å². The molecule has 2 heteroatoms. The molecule has 1 N–H and O–H groups in total. The molecular weight excluding hydrogens is 256 g/mol. The van der Waals surface area contributed by atoms with E-state index in [0.717, 1.165) is 17.8 Å². The van der Waals surface area contributed by atoms with Crippen LogP contribution in [0.4, 0.5) is 0 Å². The maximum atomic E-state index is 4.86. The molecule has 4 rings (SSSR count). The average molecular weight is 276 g/mol. The van der Waals surface area contributed by atoms with Crippen molar-refractivity contribution in [2.75, 3.05) is 0 Å². The van der Waals surface area contributed by atoms with Gasteiger partial charge in [-0.05, 0) is 54.5 Å². The minimum Gasteiger partial charge on any atom is -0.341 e. The summed E-state index contributed by atoms with van der Waals surface area (Å²) in [7, 11) is 0. The third-order valence-corrected chi connectivity index (χ3v) is 4.67. The highest BCUT2D eigenvalue weighted by Gasteiger charge is 2.23. The number of H-pyrrole nitrogens is 1. The van der Waals surface area contributed by atoms with Gasteiger partial charge in [-0.2, -0.15) is 0 Å². The van der Waals surface area contributed by atoms with E-state index in [-0.39, 0.29) is 0 Å². The van der Waals surface area contributed by atoms with Gasteiger partial charge < -0.3 is 4.98 Å². The predicted octanol–water partition coefficient (Wildman–Crippen LogP) is 4.59.